The van der Waals surface area contributed by atoms with E-state index in [9.17, 15) is 18.0 Å². The van der Waals surface area contributed by atoms with Crippen LogP contribution in [0.25, 0.3) is 0 Å². The molecule has 0 bridgehead atoms. The summed E-state index contributed by atoms with van der Waals surface area (Å²) in [6.45, 7) is 3.07. The lowest BCUT2D eigenvalue weighted by Gasteiger charge is -2.34. The molecule has 1 amide bonds. The predicted molar refractivity (Wildman–Crippen MR) is 89.3 cm³/mol. The molecule has 1 aromatic heterocycles. The quantitative estimate of drug-likeness (QED) is 0.791. The van der Waals surface area contributed by atoms with Gasteiger partial charge in [-0.2, -0.15) is 4.31 Å². The summed E-state index contributed by atoms with van der Waals surface area (Å²) in [5.74, 6) is -1.50. The Bertz CT molecular complexity index is 796. The molecule has 0 aliphatic carbocycles. The molecule has 0 saturated carbocycles. The van der Waals surface area contributed by atoms with Gasteiger partial charge in [0.1, 0.15) is 10.7 Å². The zero-order valence-electron chi connectivity index (χ0n) is 14.5. The molecule has 0 spiro atoms. The Labute approximate surface area is 151 Å². The van der Waals surface area contributed by atoms with Crippen molar-refractivity contribution in [3.63, 3.8) is 0 Å². The number of morpholine rings is 1. The molecule has 144 valence electrons. The fourth-order valence-electron chi connectivity index (χ4n) is 3.33. The van der Waals surface area contributed by atoms with Gasteiger partial charge in [-0.3, -0.25) is 9.59 Å². The Morgan fingerprint density at radius 1 is 1.27 bits per heavy atom. The van der Waals surface area contributed by atoms with E-state index >= 15 is 0 Å². The molecule has 10 heteroatoms. The van der Waals surface area contributed by atoms with Crippen LogP contribution in [0.1, 0.15) is 35.6 Å². The van der Waals surface area contributed by atoms with Crippen molar-refractivity contribution in [2.75, 3.05) is 32.8 Å². The summed E-state index contributed by atoms with van der Waals surface area (Å²) in [6, 6.07) is 0.635. The number of furan rings is 1. The van der Waals surface area contributed by atoms with E-state index in [0.29, 0.717) is 19.7 Å². The van der Waals surface area contributed by atoms with Crippen molar-refractivity contribution in [3.8, 4) is 0 Å². The lowest BCUT2D eigenvalue weighted by molar-refractivity contribution is -0.139. The maximum atomic E-state index is 12.8. The second kappa shape index (κ2) is 7.37. The van der Waals surface area contributed by atoms with E-state index in [1.165, 1.54) is 22.2 Å². The Morgan fingerprint density at radius 2 is 1.96 bits per heavy atom. The second-order valence-corrected chi connectivity index (χ2v) is 8.37. The predicted octanol–water partition coefficient (Wildman–Crippen LogP) is 0.688. The maximum Gasteiger partial charge on any atom is 0.305 e. The molecule has 1 atom stereocenters. The number of hydrogen-bond acceptors (Lipinski definition) is 6. The van der Waals surface area contributed by atoms with E-state index in [2.05, 4.69) is 0 Å². The summed E-state index contributed by atoms with van der Waals surface area (Å²) < 4.78 is 37.5. The molecule has 1 N–H and O–H groups in total. The number of carboxylic acids is 1. The Morgan fingerprint density at radius 3 is 2.62 bits per heavy atom. The average Bonchev–Trinajstić information content (AvgIpc) is 3.24. The van der Waals surface area contributed by atoms with Gasteiger partial charge in [-0.15, -0.1) is 0 Å². The minimum atomic E-state index is -3.70. The Kier molecular flexibility index (Phi) is 5.35. The van der Waals surface area contributed by atoms with Gasteiger partial charge in [0.15, 0.2) is 5.76 Å². The molecule has 26 heavy (non-hydrogen) atoms. The summed E-state index contributed by atoms with van der Waals surface area (Å²) in [6.07, 6.45) is 1.38. The highest BCUT2D eigenvalue weighted by Crippen LogP contribution is 2.27. The number of sulfonamides is 1. The third-order valence-corrected chi connectivity index (χ3v) is 6.67. The van der Waals surface area contributed by atoms with Crippen LogP contribution in [0.4, 0.5) is 0 Å². The number of hydrogen-bond donors (Lipinski definition) is 1. The zero-order valence-corrected chi connectivity index (χ0v) is 15.3. The number of carbonyl (C=O) groups is 2. The van der Waals surface area contributed by atoms with Crippen molar-refractivity contribution in [2.24, 2.45) is 0 Å². The van der Waals surface area contributed by atoms with Crippen LogP contribution in [0.15, 0.2) is 15.4 Å². The van der Waals surface area contributed by atoms with Gasteiger partial charge in [0.25, 0.3) is 5.91 Å². The van der Waals surface area contributed by atoms with Gasteiger partial charge in [0.2, 0.25) is 10.0 Å². The van der Waals surface area contributed by atoms with E-state index in [1.54, 1.807) is 0 Å². The van der Waals surface area contributed by atoms with E-state index in [0.717, 1.165) is 12.8 Å². The highest BCUT2D eigenvalue weighted by atomic mass is 32.2. The molecule has 1 aromatic rings. The standard InChI is InChI=1S/C16H22N2O7S/c1-11-14(26(22,23)17-4-2-3-5-17)9-13(25-11)16(21)18-6-7-24-10-12(18)8-15(19)20/h9,12H,2-8,10H2,1H3,(H,19,20). The molecule has 9 nitrogen and oxygen atoms in total. The van der Waals surface area contributed by atoms with Crippen LogP contribution in [0.5, 0.6) is 0 Å². The molecule has 2 fully saturated rings. The van der Waals surface area contributed by atoms with Crippen LogP contribution in [-0.4, -0.2) is 73.5 Å². The Balaban J connectivity index is 1.85. The van der Waals surface area contributed by atoms with Crippen LogP contribution in [-0.2, 0) is 19.6 Å². The van der Waals surface area contributed by atoms with Gasteiger partial charge in [0, 0.05) is 25.7 Å². The van der Waals surface area contributed by atoms with Crippen LogP contribution in [0.3, 0.4) is 0 Å². The molecule has 2 aliphatic heterocycles. The smallest absolute Gasteiger partial charge is 0.305 e. The van der Waals surface area contributed by atoms with Gasteiger partial charge in [-0.25, -0.2) is 8.42 Å². The number of rotatable bonds is 5. The highest BCUT2D eigenvalue weighted by Gasteiger charge is 2.35. The Hall–Kier alpha value is -1.91. The van der Waals surface area contributed by atoms with Crippen molar-refractivity contribution in [1.82, 2.24) is 9.21 Å². The summed E-state index contributed by atoms with van der Waals surface area (Å²) in [5, 5.41) is 9.01. The first-order valence-electron chi connectivity index (χ1n) is 8.52. The fourth-order valence-corrected chi connectivity index (χ4v) is 5.01. The average molecular weight is 386 g/mol. The van der Waals surface area contributed by atoms with Crippen molar-refractivity contribution < 1.29 is 32.3 Å². The van der Waals surface area contributed by atoms with Crippen LogP contribution < -0.4 is 0 Å². The zero-order chi connectivity index (χ0) is 18.9. The SMILES string of the molecule is Cc1oc(C(=O)N2CCOCC2CC(=O)O)cc1S(=O)(=O)N1CCCC1. The lowest BCUT2D eigenvalue weighted by Crippen LogP contribution is -2.49. The molecule has 2 aliphatic rings. The largest absolute Gasteiger partial charge is 0.481 e. The molecule has 0 radical (unpaired) electrons. The van der Waals surface area contributed by atoms with Gasteiger partial charge < -0.3 is 19.2 Å². The molecule has 3 rings (SSSR count). The summed E-state index contributed by atoms with van der Waals surface area (Å²) in [4.78, 5) is 25.2. The monoisotopic (exact) mass is 386 g/mol. The van der Waals surface area contributed by atoms with E-state index in [-0.39, 0.29) is 36.0 Å². The normalized spacial score (nSPS) is 21.9. The number of aliphatic carboxylic acids is 1. The van der Waals surface area contributed by atoms with Crippen molar-refractivity contribution >= 4 is 21.9 Å². The molecule has 3 heterocycles. The first kappa shape index (κ1) is 18.9. The first-order chi connectivity index (χ1) is 12.3. The van der Waals surface area contributed by atoms with Gasteiger partial charge in [0.05, 0.1) is 25.7 Å². The number of carbonyl (C=O) groups excluding carboxylic acids is 1. The number of amides is 1. The minimum Gasteiger partial charge on any atom is -0.481 e. The van der Waals surface area contributed by atoms with Crippen LogP contribution in [0.2, 0.25) is 0 Å². The second-order valence-electron chi connectivity index (χ2n) is 6.47. The number of ether oxygens (including phenoxy) is 1. The van der Waals surface area contributed by atoms with Gasteiger partial charge in [-0.05, 0) is 19.8 Å². The summed E-state index contributed by atoms with van der Waals surface area (Å²) >= 11 is 0. The topological polar surface area (TPSA) is 117 Å². The lowest BCUT2D eigenvalue weighted by atomic mass is 10.1. The summed E-state index contributed by atoms with van der Waals surface area (Å²) in [7, 11) is -3.70. The van der Waals surface area contributed by atoms with Crippen molar-refractivity contribution in [1.29, 1.82) is 0 Å². The summed E-state index contributed by atoms with van der Waals surface area (Å²) in [5.41, 5.74) is 0. The minimum absolute atomic E-state index is 0.00852. The number of nitrogens with zero attached hydrogens (tertiary/aromatic N) is 2. The molecular weight excluding hydrogens is 364 g/mol. The molecule has 2 saturated heterocycles. The van der Waals surface area contributed by atoms with Crippen molar-refractivity contribution in [2.45, 2.75) is 37.1 Å². The van der Waals surface area contributed by atoms with E-state index < -0.39 is 27.9 Å². The molecule has 0 aromatic carbocycles. The molecule has 1 unspecified atom stereocenters. The van der Waals surface area contributed by atoms with Crippen molar-refractivity contribution in [3.05, 3.63) is 17.6 Å². The number of carboxylic acid groups (broad SMARTS) is 1. The number of aryl methyl sites for hydroxylation is 1. The van der Waals surface area contributed by atoms with E-state index in [4.69, 9.17) is 14.3 Å². The third kappa shape index (κ3) is 3.62. The first-order valence-corrected chi connectivity index (χ1v) is 9.96. The van der Waals surface area contributed by atoms with Gasteiger partial charge in [-0.1, -0.05) is 0 Å². The molecular formula is C16H22N2O7S. The maximum absolute atomic E-state index is 12.8. The highest BCUT2D eigenvalue weighted by molar-refractivity contribution is 7.89. The van der Waals surface area contributed by atoms with Crippen LogP contribution >= 0.6 is 0 Å². The van der Waals surface area contributed by atoms with E-state index in [1.807, 2.05) is 0 Å². The van der Waals surface area contributed by atoms with Crippen LogP contribution in [0, 0.1) is 6.92 Å². The third-order valence-electron chi connectivity index (χ3n) is 4.66. The fraction of sp³-hybridized carbons (Fsp3) is 0.625. The van der Waals surface area contributed by atoms with Gasteiger partial charge >= 0.3 is 5.97 Å².